The van der Waals surface area contributed by atoms with Gasteiger partial charge in [-0.05, 0) is 45.4 Å². The standard InChI is InChI=1S/C13H24O3/c1-9(2)7-10(12(14)15)8-11-5-6-13(3,4)16-11/h9-11H,5-8H2,1-4H3,(H,14,15). The van der Waals surface area contributed by atoms with Crippen molar-refractivity contribution in [2.75, 3.05) is 0 Å². The fraction of sp³-hybridized carbons (Fsp3) is 0.923. The summed E-state index contributed by atoms with van der Waals surface area (Å²) in [4.78, 5) is 11.1. The second kappa shape index (κ2) is 5.17. The highest BCUT2D eigenvalue weighted by Crippen LogP contribution is 2.33. The molecule has 0 amide bonds. The average Bonchev–Trinajstić information content (AvgIpc) is 2.43. The van der Waals surface area contributed by atoms with Crippen molar-refractivity contribution in [1.29, 1.82) is 0 Å². The minimum atomic E-state index is -0.679. The lowest BCUT2D eigenvalue weighted by atomic mass is 9.91. The Morgan fingerprint density at radius 1 is 1.50 bits per heavy atom. The fourth-order valence-electron chi connectivity index (χ4n) is 2.43. The van der Waals surface area contributed by atoms with Gasteiger partial charge >= 0.3 is 5.97 Å². The van der Waals surface area contributed by atoms with Gasteiger partial charge in [0, 0.05) is 0 Å². The largest absolute Gasteiger partial charge is 0.481 e. The normalized spacial score (nSPS) is 25.9. The molecular formula is C13H24O3. The maximum absolute atomic E-state index is 11.1. The van der Waals surface area contributed by atoms with Gasteiger partial charge in [-0.2, -0.15) is 0 Å². The highest BCUT2D eigenvalue weighted by Gasteiger charge is 2.34. The van der Waals surface area contributed by atoms with Crippen LogP contribution >= 0.6 is 0 Å². The number of rotatable bonds is 5. The van der Waals surface area contributed by atoms with Crippen LogP contribution in [0.4, 0.5) is 0 Å². The van der Waals surface area contributed by atoms with Crippen LogP contribution in [-0.2, 0) is 9.53 Å². The van der Waals surface area contributed by atoms with Gasteiger partial charge in [-0.1, -0.05) is 13.8 Å². The molecule has 0 saturated carbocycles. The van der Waals surface area contributed by atoms with Gasteiger partial charge in [0.2, 0.25) is 0 Å². The highest BCUT2D eigenvalue weighted by atomic mass is 16.5. The Hall–Kier alpha value is -0.570. The molecule has 0 spiro atoms. The summed E-state index contributed by atoms with van der Waals surface area (Å²) in [6, 6.07) is 0. The van der Waals surface area contributed by atoms with E-state index in [1.165, 1.54) is 0 Å². The molecule has 1 heterocycles. The predicted octanol–water partition coefficient (Wildman–Crippen LogP) is 3.08. The van der Waals surface area contributed by atoms with E-state index in [2.05, 4.69) is 27.7 Å². The number of aliphatic carboxylic acids is 1. The van der Waals surface area contributed by atoms with Crippen LogP contribution in [0.15, 0.2) is 0 Å². The molecule has 1 saturated heterocycles. The molecule has 1 aliphatic heterocycles. The third-order valence-electron chi connectivity index (χ3n) is 3.21. The SMILES string of the molecule is CC(C)CC(CC1CCC(C)(C)O1)C(=O)O. The van der Waals surface area contributed by atoms with Crippen molar-refractivity contribution in [3.8, 4) is 0 Å². The van der Waals surface area contributed by atoms with Gasteiger partial charge in [-0.15, -0.1) is 0 Å². The van der Waals surface area contributed by atoms with Crippen molar-refractivity contribution in [1.82, 2.24) is 0 Å². The van der Waals surface area contributed by atoms with E-state index in [0.29, 0.717) is 12.3 Å². The first kappa shape index (κ1) is 13.5. The summed E-state index contributed by atoms with van der Waals surface area (Å²) in [7, 11) is 0. The molecule has 1 rings (SSSR count). The Balaban J connectivity index is 2.47. The van der Waals surface area contributed by atoms with Crippen molar-refractivity contribution < 1.29 is 14.6 Å². The number of carboxylic acid groups (broad SMARTS) is 1. The zero-order valence-corrected chi connectivity index (χ0v) is 10.8. The molecule has 3 heteroatoms. The van der Waals surface area contributed by atoms with Crippen molar-refractivity contribution in [3.63, 3.8) is 0 Å². The summed E-state index contributed by atoms with van der Waals surface area (Å²) in [5.41, 5.74) is -0.0639. The highest BCUT2D eigenvalue weighted by molar-refractivity contribution is 5.70. The van der Waals surface area contributed by atoms with Crippen LogP contribution in [0.1, 0.15) is 53.4 Å². The minimum absolute atomic E-state index is 0.0639. The van der Waals surface area contributed by atoms with E-state index >= 15 is 0 Å². The van der Waals surface area contributed by atoms with Gasteiger partial charge in [0.05, 0.1) is 17.6 Å². The summed E-state index contributed by atoms with van der Waals surface area (Å²) in [5.74, 6) is -0.503. The monoisotopic (exact) mass is 228 g/mol. The zero-order chi connectivity index (χ0) is 12.3. The molecule has 94 valence electrons. The fourth-order valence-corrected chi connectivity index (χ4v) is 2.43. The van der Waals surface area contributed by atoms with Gasteiger partial charge in [-0.3, -0.25) is 4.79 Å². The maximum Gasteiger partial charge on any atom is 0.306 e. The number of hydrogen-bond donors (Lipinski definition) is 1. The van der Waals surface area contributed by atoms with Gasteiger partial charge in [0.1, 0.15) is 0 Å². The minimum Gasteiger partial charge on any atom is -0.481 e. The first-order valence-electron chi connectivity index (χ1n) is 6.21. The molecule has 0 aliphatic carbocycles. The topological polar surface area (TPSA) is 46.5 Å². The van der Waals surface area contributed by atoms with Crippen LogP contribution in [0.25, 0.3) is 0 Å². The third-order valence-corrected chi connectivity index (χ3v) is 3.21. The van der Waals surface area contributed by atoms with Gasteiger partial charge in [0.25, 0.3) is 0 Å². The van der Waals surface area contributed by atoms with E-state index in [4.69, 9.17) is 9.84 Å². The second-order valence-corrected chi connectivity index (χ2v) is 5.94. The summed E-state index contributed by atoms with van der Waals surface area (Å²) in [6.07, 6.45) is 3.57. The second-order valence-electron chi connectivity index (χ2n) is 5.94. The summed E-state index contributed by atoms with van der Waals surface area (Å²) >= 11 is 0. The van der Waals surface area contributed by atoms with E-state index in [-0.39, 0.29) is 17.6 Å². The molecule has 0 radical (unpaired) electrons. The van der Waals surface area contributed by atoms with Crippen LogP contribution in [0.5, 0.6) is 0 Å². The number of ether oxygens (including phenoxy) is 1. The first-order valence-corrected chi connectivity index (χ1v) is 6.21. The number of carbonyl (C=O) groups is 1. The van der Waals surface area contributed by atoms with Crippen LogP contribution < -0.4 is 0 Å². The summed E-state index contributed by atoms with van der Waals surface area (Å²) in [5, 5.41) is 9.16. The van der Waals surface area contributed by atoms with E-state index in [1.54, 1.807) is 0 Å². The first-order chi connectivity index (χ1) is 7.30. The Morgan fingerprint density at radius 2 is 2.12 bits per heavy atom. The number of hydrogen-bond acceptors (Lipinski definition) is 2. The average molecular weight is 228 g/mol. The van der Waals surface area contributed by atoms with Crippen molar-refractivity contribution in [3.05, 3.63) is 0 Å². The lowest BCUT2D eigenvalue weighted by Gasteiger charge is -2.22. The molecule has 0 aromatic heterocycles. The van der Waals surface area contributed by atoms with Crippen LogP contribution in [0.3, 0.4) is 0 Å². The maximum atomic E-state index is 11.1. The number of carboxylic acids is 1. The molecule has 1 fully saturated rings. The summed E-state index contributed by atoms with van der Waals surface area (Å²) < 4.78 is 5.85. The van der Waals surface area contributed by atoms with E-state index in [9.17, 15) is 4.79 Å². The van der Waals surface area contributed by atoms with Crippen molar-refractivity contribution in [2.24, 2.45) is 11.8 Å². The van der Waals surface area contributed by atoms with Crippen molar-refractivity contribution in [2.45, 2.75) is 65.1 Å². The Labute approximate surface area is 98.2 Å². The van der Waals surface area contributed by atoms with E-state index in [0.717, 1.165) is 19.3 Å². The quantitative estimate of drug-likeness (QED) is 0.786. The van der Waals surface area contributed by atoms with Gasteiger partial charge < -0.3 is 9.84 Å². The van der Waals surface area contributed by atoms with E-state index in [1.807, 2.05) is 0 Å². The molecule has 0 aromatic carbocycles. The third kappa shape index (κ3) is 4.12. The Morgan fingerprint density at radius 3 is 2.50 bits per heavy atom. The lowest BCUT2D eigenvalue weighted by Crippen LogP contribution is -2.25. The zero-order valence-electron chi connectivity index (χ0n) is 10.8. The molecular weight excluding hydrogens is 204 g/mol. The Kier molecular flexibility index (Phi) is 4.36. The molecule has 2 atom stereocenters. The molecule has 1 N–H and O–H groups in total. The van der Waals surface area contributed by atoms with Crippen molar-refractivity contribution >= 4 is 5.97 Å². The molecule has 16 heavy (non-hydrogen) atoms. The van der Waals surface area contributed by atoms with Gasteiger partial charge in [0.15, 0.2) is 0 Å². The molecule has 1 aliphatic rings. The van der Waals surface area contributed by atoms with Crippen LogP contribution in [-0.4, -0.2) is 22.8 Å². The molecule has 2 unspecified atom stereocenters. The van der Waals surface area contributed by atoms with Crippen LogP contribution in [0.2, 0.25) is 0 Å². The molecule has 0 bridgehead atoms. The molecule has 3 nitrogen and oxygen atoms in total. The van der Waals surface area contributed by atoms with Crippen LogP contribution in [0, 0.1) is 11.8 Å². The lowest BCUT2D eigenvalue weighted by molar-refractivity contribution is -0.144. The smallest absolute Gasteiger partial charge is 0.306 e. The van der Waals surface area contributed by atoms with Gasteiger partial charge in [-0.25, -0.2) is 0 Å². The van der Waals surface area contributed by atoms with E-state index < -0.39 is 5.97 Å². The summed E-state index contributed by atoms with van der Waals surface area (Å²) in [6.45, 7) is 8.28. The predicted molar refractivity (Wildman–Crippen MR) is 63.4 cm³/mol. The molecule has 0 aromatic rings. The Bertz CT molecular complexity index is 246.